The van der Waals surface area contributed by atoms with Gasteiger partial charge in [-0.25, -0.2) is 4.79 Å². The van der Waals surface area contributed by atoms with E-state index in [1.165, 1.54) is 7.11 Å². The molecule has 0 aromatic heterocycles. The van der Waals surface area contributed by atoms with Gasteiger partial charge >= 0.3 is 5.97 Å². The quantitative estimate of drug-likeness (QED) is 0.783. The Balaban J connectivity index is 2.02. The minimum absolute atomic E-state index is 0.222. The summed E-state index contributed by atoms with van der Waals surface area (Å²) in [7, 11) is 2.89. The zero-order valence-corrected chi connectivity index (χ0v) is 14.5. The van der Waals surface area contributed by atoms with E-state index in [4.69, 9.17) is 9.47 Å². The van der Waals surface area contributed by atoms with Gasteiger partial charge < -0.3 is 19.5 Å². The van der Waals surface area contributed by atoms with Crippen molar-refractivity contribution in [2.45, 2.75) is 13.5 Å². The van der Waals surface area contributed by atoms with Gasteiger partial charge in [0, 0.05) is 12.1 Å². The summed E-state index contributed by atoms with van der Waals surface area (Å²) in [5.74, 6) is 0.495. The Labute approximate surface area is 146 Å². The van der Waals surface area contributed by atoms with Crippen LogP contribution in [0.5, 0.6) is 11.5 Å². The number of nitrogens with one attached hydrogen (secondary N) is 1. The van der Waals surface area contributed by atoms with Gasteiger partial charge in [-0.05, 0) is 42.8 Å². The predicted molar refractivity (Wildman–Crippen MR) is 93.1 cm³/mol. The fourth-order valence-electron chi connectivity index (χ4n) is 2.25. The largest absolute Gasteiger partial charge is 0.493 e. The van der Waals surface area contributed by atoms with Gasteiger partial charge in [-0.3, -0.25) is 4.79 Å². The molecule has 0 aliphatic heterocycles. The average Bonchev–Trinajstić information content (AvgIpc) is 2.66. The molecule has 6 heteroatoms. The highest BCUT2D eigenvalue weighted by Gasteiger charge is 2.11. The van der Waals surface area contributed by atoms with E-state index in [9.17, 15) is 9.59 Å². The van der Waals surface area contributed by atoms with Gasteiger partial charge in [-0.1, -0.05) is 12.1 Å². The second-order valence-corrected chi connectivity index (χ2v) is 5.17. The first-order chi connectivity index (χ1) is 12.1. The summed E-state index contributed by atoms with van der Waals surface area (Å²) >= 11 is 0. The van der Waals surface area contributed by atoms with Crippen LogP contribution in [0.4, 0.5) is 0 Å². The van der Waals surface area contributed by atoms with Crippen molar-refractivity contribution in [1.82, 2.24) is 5.32 Å². The molecule has 6 nitrogen and oxygen atoms in total. The highest BCUT2D eigenvalue weighted by Crippen LogP contribution is 2.28. The second kappa shape index (κ2) is 8.73. The van der Waals surface area contributed by atoms with Crippen molar-refractivity contribution < 1.29 is 23.8 Å². The molecule has 0 spiro atoms. The van der Waals surface area contributed by atoms with Crippen LogP contribution in [0.15, 0.2) is 42.5 Å². The number of hydrogen-bond donors (Lipinski definition) is 1. The average molecular weight is 343 g/mol. The van der Waals surface area contributed by atoms with E-state index in [0.29, 0.717) is 35.8 Å². The maximum Gasteiger partial charge on any atom is 0.337 e. The van der Waals surface area contributed by atoms with Crippen LogP contribution in [0.2, 0.25) is 0 Å². The van der Waals surface area contributed by atoms with Gasteiger partial charge in [0.1, 0.15) is 0 Å². The van der Waals surface area contributed by atoms with Crippen LogP contribution in [0.25, 0.3) is 0 Å². The molecule has 1 N–H and O–H groups in total. The van der Waals surface area contributed by atoms with Crippen molar-refractivity contribution in [3.8, 4) is 11.5 Å². The molecule has 0 atom stereocenters. The van der Waals surface area contributed by atoms with Gasteiger partial charge in [-0.2, -0.15) is 0 Å². The van der Waals surface area contributed by atoms with Crippen molar-refractivity contribution in [2.24, 2.45) is 0 Å². The number of rotatable bonds is 7. The lowest BCUT2D eigenvalue weighted by atomic mass is 10.1. The summed E-state index contributed by atoms with van der Waals surface area (Å²) in [5.41, 5.74) is 1.82. The van der Waals surface area contributed by atoms with Crippen molar-refractivity contribution in [3.05, 3.63) is 59.2 Å². The molecule has 0 unspecified atom stereocenters. The fraction of sp³-hybridized carbons (Fsp3) is 0.263. The molecule has 25 heavy (non-hydrogen) atoms. The lowest BCUT2D eigenvalue weighted by Crippen LogP contribution is -2.22. The molecular formula is C19H21NO5. The Kier molecular flexibility index (Phi) is 6.39. The minimum atomic E-state index is -0.391. The summed E-state index contributed by atoms with van der Waals surface area (Å²) in [4.78, 5) is 23.7. The number of hydrogen-bond acceptors (Lipinski definition) is 5. The van der Waals surface area contributed by atoms with Crippen molar-refractivity contribution in [3.63, 3.8) is 0 Å². The van der Waals surface area contributed by atoms with Crippen LogP contribution in [-0.2, 0) is 11.3 Å². The van der Waals surface area contributed by atoms with Gasteiger partial charge in [0.05, 0.1) is 26.4 Å². The van der Waals surface area contributed by atoms with E-state index >= 15 is 0 Å². The Hall–Kier alpha value is -3.02. The molecular weight excluding hydrogens is 322 g/mol. The fourth-order valence-corrected chi connectivity index (χ4v) is 2.25. The highest BCUT2D eigenvalue weighted by atomic mass is 16.5. The zero-order valence-electron chi connectivity index (χ0n) is 14.5. The van der Waals surface area contributed by atoms with Gasteiger partial charge in [0.15, 0.2) is 11.5 Å². The summed E-state index contributed by atoms with van der Waals surface area (Å²) in [6.07, 6.45) is 0. The monoisotopic (exact) mass is 343 g/mol. The number of amides is 1. The second-order valence-electron chi connectivity index (χ2n) is 5.17. The van der Waals surface area contributed by atoms with Crippen molar-refractivity contribution in [2.75, 3.05) is 20.8 Å². The van der Waals surface area contributed by atoms with Gasteiger partial charge in [-0.15, -0.1) is 0 Å². The molecule has 2 aromatic carbocycles. The molecule has 2 aromatic rings. The molecule has 132 valence electrons. The van der Waals surface area contributed by atoms with Crippen LogP contribution in [0.1, 0.15) is 33.2 Å². The highest BCUT2D eigenvalue weighted by molar-refractivity contribution is 5.95. The molecule has 0 heterocycles. The maximum absolute atomic E-state index is 12.3. The maximum atomic E-state index is 12.3. The number of esters is 1. The molecule has 2 rings (SSSR count). The summed E-state index contributed by atoms with van der Waals surface area (Å²) < 4.78 is 15.3. The van der Waals surface area contributed by atoms with Crippen LogP contribution >= 0.6 is 0 Å². The number of benzene rings is 2. The van der Waals surface area contributed by atoms with Crippen molar-refractivity contribution >= 4 is 11.9 Å². The van der Waals surface area contributed by atoms with E-state index in [1.807, 2.05) is 6.92 Å². The van der Waals surface area contributed by atoms with Crippen LogP contribution in [0.3, 0.4) is 0 Å². The summed E-state index contributed by atoms with van der Waals surface area (Å²) in [5, 5.41) is 2.83. The Morgan fingerprint density at radius 2 is 1.64 bits per heavy atom. The molecule has 0 bridgehead atoms. The predicted octanol–water partition coefficient (Wildman–Crippen LogP) is 2.81. The zero-order chi connectivity index (χ0) is 18.2. The standard InChI is InChI=1S/C19H21NO5/c1-4-25-17-11-15(9-10-16(17)23-2)18(21)20-12-13-5-7-14(8-6-13)19(22)24-3/h5-11H,4,12H2,1-3H3,(H,20,21). The topological polar surface area (TPSA) is 73.9 Å². The SMILES string of the molecule is CCOc1cc(C(=O)NCc2ccc(C(=O)OC)cc2)ccc1OC. The molecule has 0 fully saturated rings. The number of methoxy groups -OCH3 is 2. The van der Waals surface area contributed by atoms with E-state index in [2.05, 4.69) is 10.1 Å². The van der Waals surface area contributed by atoms with E-state index < -0.39 is 5.97 Å². The van der Waals surface area contributed by atoms with E-state index in [1.54, 1.807) is 49.6 Å². The van der Waals surface area contributed by atoms with Gasteiger partial charge in [0.2, 0.25) is 0 Å². The van der Waals surface area contributed by atoms with Crippen LogP contribution < -0.4 is 14.8 Å². The van der Waals surface area contributed by atoms with Crippen LogP contribution in [-0.4, -0.2) is 32.7 Å². The number of carbonyl (C=O) groups excluding carboxylic acids is 2. The Bertz CT molecular complexity index is 740. The first-order valence-electron chi connectivity index (χ1n) is 7.85. The summed E-state index contributed by atoms with van der Waals surface area (Å²) in [6, 6.07) is 11.9. The lowest BCUT2D eigenvalue weighted by molar-refractivity contribution is 0.0600. The molecule has 1 amide bonds. The molecule has 0 aliphatic carbocycles. The third-order valence-corrected chi connectivity index (χ3v) is 3.55. The third-order valence-electron chi connectivity index (χ3n) is 3.55. The molecule has 0 radical (unpaired) electrons. The first kappa shape index (κ1) is 18.3. The van der Waals surface area contributed by atoms with E-state index in [-0.39, 0.29) is 5.91 Å². The number of carbonyl (C=O) groups is 2. The lowest BCUT2D eigenvalue weighted by Gasteiger charge is -2.11. The number of ether oxygens (including phenoxy) is 3. The minimum Gasteiger partial charge on any atom is -0.493 e. The Morgan fingerprint density at radius 3 is 2.24 bits per heavy atom. The first-order valence-corrected chi connectivity index (χ1v) is 7.85. The van der Waals surface area contributed by atoms with Crippen LogP contribution in [0, 0.1) is 0 Å². The molecule has 0 saturated heterocycles. The smallest absolute Gasteiger partial charge is 0.337 e. The van der Waals surface area contributed by atoms with Crippen molar-refractivity contribution in [1.29, 1.82) is 0 Å². The third kappa shape index (κ3) is 4.73. The van der Waals surface area contributed by atoms with Gasteiger partial charge in [0.25, 0.3) is 5.91 Å². The summed E-state index contributed by atoms with van der Waals surface area (Å²) in [6.45, 7) is 2.69. The Morgan fingerprint density at radius 1 is 0.960 bits per heavy atom. The normalized spacial score (nSPS) is 10.0. The molecule has 0 saturated carbocycles. The van der Waals surface area contributed by atoms with E-state index in [0.717, 1.165) is 5.56 Å². The molecule has 0 aliphatic rings.